The largest absolute Gasteiger partial charge is 0.387 e. The molecule has 110 valence electrons. The molecule has 0 bridgehead atoms. The lowest BCUT2D eigenvalue weighted by atomic mass is 10.2. The molecule has 7 heteroatoms. The summed E-state index contributed by atoms with van der Waals surface area (Å²) in [6.07, 6.45) is 1.66. The highest BCUT2D eigenvalue weighted by Crippen LogP contribution is 2.21. The molecule has 0 aliphatic rings. The van der Waals surface area contributed by atoms with E-state index in [4.69, 9.17) is 4.52 Å². The minimum Gasteiger partial charge on any atom is -0.335 e. The van der Waals surface area contributed by atoms with Gasteiger partial charge in [-0.25, -0.2) is 14.4 Å². The lowest BCUT2D eigenvalue weighted by molar-refractivity contribution is -0.0789. The molecule has 3 aromatic rings. The van der Waals surface area contributed by atoms with E-state index in [9.17, 15) is 9.32 Å². The monoisotopic (exact) mass is 291 g/mol. The first-order chi connectivity index (χ1) is 10.2. The summed E-state index contributed by atoms with van der Waals surface area (Å²) in [5.74, 6) is -1.13. The zero-order valence-corrected chi connectivity index (χ0v) is 11.8. The molecule has 3 rings (SSSR count). The van der Waals surface area contributed by atoms with Crippen molar-refractivity contribution in [3.63, 3.8) is 0 Å². The highest BCUT2D eigenvalue weighted by molar-refractivity contribution is 5.93. The highest BCUT2D eigenvalue weighted by Gasteiger charge is 2.24. The summed E-state index contributed by atoms with van der Waals surface area (Å²) in [5, 5.41) is 8.71. The number of halogens is 1. The van der Waals surface area contributed by atoms with Crippen LogP contribution in [0.1, 0.15) is 29.9 Å². The minimum atomic E-state index is -1.16. The van der Waals surface area contributed by atoms with Crippen molar-refractivity contribution in [1.82, 2.24) is 14.9 Å². The van der Waals surface area contributed by atoms with Crippen molar-refractivity contribution in [2.45, 2.75) is 20.8 Å². The molecule has 0 fully saturated rings. The summed E-state index contributed by atoms with van der Waals surface area (Å²) in [7, 11) is 0. The molecule has 0 aliphatic heterocycles. The Morgan fingerprint density at radius 3 is 2.71 bits per heavy atom. The van der Waals surface area contributed by atoms with Gasteiger partial charge in [-0.1, -0.05) is 37.2 Å². The Morgan fingerprint density at radius 2 is 2.05 bits per heavy atom. The maximum Gasteiger partial charge on any atom is 0.387 e. The topological polar surface area (TPSA) is 70.2 Å². The molecule has 21 heavy (non-hydrogen) atoms. The molecule has 0 aliphatic carbocycles. The van der Waals surface area contributed by atoms with E-state index in [1.807, 2.05) is 38.1 Å². The van der Waals surface area contributed by atoms with Crippen LogP contribution in [-0.2, 0) is 4.94 Å². The van der Waals surface area contributed by atoms with E-state index in [0.29, 0.717) is 0 Å². The van der Waals surface area contributed by atoms with Crippen LogP contribution in [0, 0.1) is 6.92 Å². The van der Waals surface area contributed by atoms with Crippen molar-refractivity contribution < 1.29 is 18.8 Å². The van der Waals surface area contributed by atoms with Gasteiger partial charge in [-0.15, -0.1) is 0 Å². The maximum absolute atomic E-state index is 12.1. The molecule has 0 saturated carbocycles. The van der Waals surface area contributed by atoms with Gasteiger partial charge in [-0.05, 0) is 13.0 Å². The fraction of sp³-hybridized carbons (Fsp3) is 0.214. The fourth-order valence-electron chi connectivity index (χ4n) is 1.86. The van der Waals surface area contributed by atoms with Crippen molar-refractivity contribution in [1.29, 1.82) is 0 Å². The number of fused-ring (bicyclic) bond motifs is 1. The Kier molecular flexibility index (Phi) is 4.32. The van der Waals surface area contributed by atoms with Crippen LogP contribution in [0.2, 0.25) is 0 Å². The third-order valence-corrected chi connectivity index (χ3v) is 2.74. The number of hydrogen-bond acceptors (Lipinski definition) is 5. The van der Waals surface area contributed by atoms with Gasteiger partial charge in [-0.2, -0.15) is 5.10 Å². The van der Waals surface area contributed by atoms with Crippen LogP contribution in [0.25, 0.3) is 16.8 Å². The van der Waals surface area contributed by atoms with Gasteiger partial charge in [0.2, 0.25) is 0 Å². The number of rotatable bonds is 2. The minimum absolute atomic E-state index is 0.0244. The Bertz CT molecular complexity index is 731. The first-order valence-corrected chi connectivity index (χ1v) is 6.44. The van der Waals surface area contributed by atoms with Gasteiger partial charge >= 0.3 is 5.97 Å². The van der Waals surface area contributed by atoms with E-state index in [0.717, 1.165) is 10.9 Å². The second kappa shape index (κ2) is 6.17. The van der Waals surface area contributed by atoms with Crippen LogP contribution in [-0.4, -0.2) is 20.9 Å². The standard InChI is InChI=1S/C12H8FN3O3.C2H6/c1-7-10(12(17)18-13)11(19-15-7)16-6-8-4-2-3-5-9(8)14-16;1-2/h2-6H,1H3;1-2H3. The molecule has 0 saturated heterocycles. The van der Waals surface area contributed by atoms with Gasteiger partial charge < -0.3 is 4.52 Å². The number of carbonyl (C=O) groups excluding carboxylic acids is 1. The fourth-order valence-corrected chi connectivity index (χ4v) is 1.86. The third kappa shape index (κ3) is 2.62. The van der Waals surface area contributed by atoms with E-state index in [1.165, 1.54) is 11.6 Å². The quantitative estimate of drug-likeness (QED) is 0.723. The Balaban J connectivity index is 0.000000774. The van der Waals surface area contributed by atoms with Crippen LogP contribution >= 0.6 is 0 Å². The summed E-state index contributed by atoms with van der Waals surface area (Å²) in [4.78, 5) is 14.6. The van der Waals surface area contributed by atoms with Crippen LogP contribution in [0.3, 0.4) is 0 Å². The van der Waals surface area contributed by atoms with Crippen molar-refractivity contribution in [2.24, 2.45) is 0 Å². The smallest absolute Gasteiger partial charge is 0.335 e. The SMILES string of the molecule is CC.Cc1noc(-n2cc3ccccc3n2)c1C(=O)OF. The van der Waals surface area contributed by atoms with Crippen molar-refractivity contribution in [3.8, 4) is 5.88 Å². The van der Waals surface area contributed by atoms with Crippen LogP contribution in [0.15, 0.2) is 35.0 Å². The predicted molar refractivity (Wildman–Crippen MR) is 73.7 cm³/mol. The van der Waals surface area contributed by atoms with Gasteiger partial charge in [0.15, 0.2) is 5.56 Å². The Hall–Kier alpha value is -2.70. The van der Waals surface area contributed by atoms with Crippen LogP contribution in [0.4, 0.5) is 4.53 Å². The van der Waals surface area contributed by atoms with Gasteiger partial charge in [0.25, 0.3) is 5.88 Å². The molecular weight excluding hydrogens is 277 g/mol. The molecule has 0 amide bonds. The molecule has 0 atom stereocenters. The number of benzene rings is 1. The highest BCUT2D eigenvalue weighted by atomic mass is 19.3. The second-order valence-corrected chi connectivity index (χ2v) is 3.95. The molecule has 0 unspecified atom stereocenters. The lowest BCUT2D eigenvalue weighted by Crippen LogP contribution is -2.05. The third-order valence-electron chi connectivity index (χ3n) is 2.74. The second-order valence-electron chi connectivity index (χ2n) is 3.95. The summed E-state index contributed by atoms with van der Waals surface area (Å²) in [5.41, 5.74) is 0.864. The predicted octanol–water partition coefficient (Wildman–Crippen LogP) is 3.39. The van der Waals surface area contributed by atoms with Crippen molar-refractivity contribution in [3.05, 3.63) is 41.7 Å². The van der Waals surface area contributed by atoms with Crippen molar-refractivity contribution >= 4 is 16.9 Å². The van der Waals surface area contributed by atoms with Crippen LogP contribution in [0.5, 0.6) is 0 Å². The van der Waals surface area contributed by atoms with Gasteiger partial charge in [0.1, 0.15) is 0 Å². The molecule has 0 N–H and O–H groups in total. The first-order valence-electron chi connectivity index (χ1n) is 6.44. The van der Waals surface area contributed by atoms with E-state index < -0.39 is 5.97 Å². The Morgan fingerprint density at radius 1 is 1.33 bits per heavy atom. The van der Waals surface area contributed by atoms with E-state index in [2.05, 4.69) is 15.2 Å². The normalized spacial score (nSPS) is 10.1. The van der Waals surface area contributed by atoms with E-state index >= 15 is 0 Å². The number of carbonyl (C=O) groups is 1. The first kappa shape index (κ1) is 14.7. The average Bonchev–Trinajstić information content (AvgIpc) is 3.11. The molecule has 1 aromatic carbocycles. The summed E-state index contributed by atoms with van der Waals surface area (Å²) in [6.45, 7) is 5.52. The van der Waals surface area contributed by atoms with E-state index in [-0.39, 0.29) is 17.1 Å². The zero-order chi connectivity index (χ0) is 15.4. The Labute approximate surface area is 120 Å². The van der Waals surface area contributed by atoms with Gasteiger partial charge in [-0.3, -0.25) is 0 Å². The molecule has 0 radical (unpaired) electrons. The average molecular weight is 291 g/mol. The number of nitrogens with zero attached hydrogens (tertiary/aromatic N) is 3. The summed E-state index contributed by atoms with van der Waals surface area (Å²) < 4.78 is 18.4. The summed E-state index contributed by atoms with van der Waals surface area (Å²) in [6, 6.07) is 7.36. The number of aryl methyl sites for hydroxylation is 1. The molecular formula is C14H14FN3O3. The van der Waals surface area contributed by atoms with Crippen molar-refractivity contribution in [2.75, 3.05) is 0 Å². The van der Waals surface area contributed by atoms with Gasteiger partial charge in [0.05, 0.1) is 11.2 Å². The maximum atomic E-state index is 12.1. The van der Waals surface area contributed by atoms with Crippen LogP contribution < -0.4 is 0 Å². The lowest BCUT2D eigenvalue weighted by Gasteiger charge is -1.96. The number of hydrogen-bond donors (Lipinski definition) is 0. The van der Waals surface area contributed by atoms with E-state index in [1.54, 1.807) is 6.20 Å². The molecule has 6 nitrogen and oxygen atoms in total. The molecule has 2 aromatic heterocycles. The number of aromatic nitrogens is 3. The molecule has 2 heterocycles. The summed E-state index contributed by atoms with van der Waals surface area (Å²) >= 11 is 0. The zero-order valence-electron chi connectivity index (χ0n) is 11.8. The molecule has 0 spiro atoms. The van der Waals surface area contributed by atoms with Gasteiger partial charge in [0, 0.05) is 16.1 Å².